The first-order chi connectivity index (χ1) is 10.7. The van der Waals surface area contributed by atoms with Crippen LogP contribution >= 0.6 is 0 Å². The van der Waals surface area contributed by atoms with E-state index in [4.69, 9.17) is 14.0 Å². The molecule has 0 atom stereocenters. The Bertz CT molecular complexity index is 620. The number of benzene rings is 1. The Morgan fingerprint density at radius 2 is 1.70 bits per heavy atom. The molecule has 1 aliphatic heterocycles. The van der Waals surface area contributed by atoms with Crippen LogP contribution in [-0.4, -0.2) is 31.4 Å². The lowest BCUT2D eigenvalue weighted by Gasteiger charge is -2.32. The monoisotopic (exact) mass is 316 g/mol. The summed E-state index contributed by atoms with van der Waals surface area (Å²) in [5, 5.41) is 0. The number of rotatable bonds is 2. The fraction of sp³-hybridized carbons (Fsp3) is 0.611. The molecule has 2 aliphatic rings. The molecule has 3 rings (SSSR count). The summed E-state index contributed by atoms with van der Waals surface area (Å²) in [5.41, 5.74) is 3.14. The number of methoxy groups -OCH3 is 1. The number of fused-ring (bicyclic) bond motifs is 1. The molecule has 0 saturated carbocycles. The van der Waals surface area contributed by atoms with Crippen molar-refractivity contribution in [2.24, 2.45) is 0 Å². The van der Waals surface area contributed by atoms with Gasteiger partial charge in [-0.1, -0.05) is 6.07 Å². The van der Waals surface area contributed by atoms with Gasteiger partial charge in [0.1, 0.15) is 0 Å². The summed E-state index contributed by atoms with van der Waals surface area (Å²) in [6, 6.07) is 4.03. The molecule has 4 nitrogen and oxygen atoms in total. The summed E-state index contributed by atoms with van der Waals surface area (Å²) < 4.78 is 17.3. The van der Waals surface area contributed by atoms with E-state index in [-0.39, 0.29) is 17.2 Å². The summed E-state index contributed by atoms with van der Waals surface area (Å²) in [6.07, 6.45) is 4.20. The van der Waals surface area contributed by atoms with Gasteiger partial charge in [0.05, 0.1) is 23.9 Å². The van der Waals surface area contributed by atoms with E-state index in [2.05, 4.69) is 6.07 Å². The van der Waals surface area contributed by atoms with Crippen LogP contribution in [0.2, 0.25) is 0 Å². The average Bonchev–Trinajstić information content (AvgIpc) is 2.73. The van der Waals surface area contributed by atoms with Gasteiger partial charge in [-0.2, -0.15) is 0 Å². The van der Waals surface area contributed by atoms with Gasteiger partial charge >= 0.3 is 13.1 Å². The van der Waals surface area contributed by atoms with Gasteiger partial charge in [-0.15, -0.1) is 0 Å². The average molecular weight is 316 g/mol. The first kappa shape index (κ1) is 16.5. The van der Waals surface area contributed by atoms with Gasteiger partial charge < -0.3 is 14.0 Å². The van der Waals surface area contributed by atoms with Crippen molar-refractivity contribution in [1.29, 1.82) is 0 Å². The van der Waals surface area contributed by atoms with Gasteiger partial charge in [-0.05, 0) is 76.0 Å². The van der Waals surface area contributed by atoms with Gasteiger partial charge in [-0.25, -0.2) is 4.79 Å². The summed E-state index contributed by atoms with van der Waals surface area (Å²) in [5.74, 6) is -0.276. The van der Waals surface area contributed by atoms with Crippen LogP contribution in [0.1, 0.15) is 62.0 Å². The topological polar surface area (TPSA) is 44.8 Å². The van der Waals surface area contributed by atoms with E-state index in [0.717, 1.165) is 36.7 Å². The van der Waals surface area contributed by atoms with Crippen molar-refractivity contribution in [3.8, 4) is 0 Å². The standard InChI is InChI=1S/C18H25BO4/c1-17(2)18(3,4)23-19(22-17)13-10-12-8-6-7-9-14(12)15(11-13)16(20)21-5/h10-11H,6-9H2,1-5H3. The molecule has 0 radical (unpaired) electrons. The summed E-state index contributed by atoms with van der Waals surface area (Å²) >= 11 is 0. The quantitative estimate of drug-likeness (QED) is 0.621. The van der Waals surface area contributed by atoms with Crippen LogP contribution in [0.15, 0.2) is 12.1 Å². The van der Waals surface area contributed by atoms with E-state index < -0.39 is 7.12 Å². The van der Waals surface area contributed by atoms with Crippen LogP contribution in [0.25, 0.3) is 0 Å². The van der Waals surface area contributed by atoms with Crippen molar-refractivity contribution >= 4 is 18.6 Å². The zero-order valence-corrected chi connectivity index (χ0v) is 14.7. The Hall–Kier alpha value is -1.33. The van der Waals surface area contributed by atoms with E-state index in [1.54, 1.807) is 0 Å². The Labute approximate surface area is 138 Å². The minimum Gasteiger partial charge on any atom is -0.465 e. The van der Waals surface area contributed by atoms with Crippen molar-refractivity contribution in [1.82, 2.24) is 0 Å². The fourth-order valence-electron chi connectivity index (χ4n) is 3.30. The zero-order chi connectivity index (χ0) is 16.8. The van der Waals surface area contributed by atoms with E-state index in [1.807, 2.05) is 33.8 Å². The number of carbonyl (C=O) groups is 1. The van der Waals surface area contributed by atoms with Crippen molar-refractivity contribution in [2.45, 2.75) is 64.6 Å². The predicted octanol–water partition coefficient (Wildman–Crippen LogP) is 2.65. The van der Waals surface area contributed by atoms with Gasteiger partial charge in [-0.3, -0.25) is 0 Å². The molecule has 1 aliphatic carbocycles. The molecule has 1 fully saturated rings. The Balaban J connectivity index is 2.03. The second-order valence-corrected chi connectivity index (χ2v) is 7.49. The zero-order valence-electron chi connectivity index (χ0n) is 14.7. The molecule has 23 heavy (non-hydrogen) atoms. The maximum atomic E-state index is 12.2. The minimum absolute atomic E-state index is 0.276. The molecule has 0 amide bonds. The van der Waals surface area contributed by atoms with Crippen LogP contribution in [0.3, 0.4) is 0 Å². The molecular formula is C18H25BO4. The maximum absolute atomic E-state index is 12.2. The molecule has 0 spiro atoms. The van der Waals surface area contributed by atoms with Crippen molar-refractivity contribution in [3.05, 3.63) is 28.8 Å². The normalized spacial score (nSPS) is 21.9. The van der Waals surface area contributed by atoms with Crippen LogP contribution in [0.5, 0.6) is 0 Å². The van der Waals surface area contributed by atoms with E-state index >= 15 is 0 Å². The smallest absolute Gasteiger partial charge is 0.465 e. The highest BCUT2D eigenvalue weighted by Gasteiger charge is 2.52. The Morgan fingerprint density at radius 3 is 2.30 bits per heavy atom. The predicted molar refractivity (Wildman–Crippen MR) is 90.1 cm³/mol. The molecule has 1 heterocycles. The molecule has 1 aromatic rings. The number of ether oxygens (including phenoxy) is 1. The van der Waals surface area contributed by atoms with Gasteiger partial charge in [0.15, 0.2) is 0 Å². The highest BCUT2D eigenvalue weighted by atomic mass is 16.7. The van der Waals surface area contributed by atoms with Crippen LogP contribution < -0.4 is 5.46 Å². The van der Waals surface area contributed by atoms with Crippen molar-refractivity contribution in [3.63, 3.8) is 0 Å². The Morgan fingerprint density at radius 1 is 1.09 bits per heavy atom. The molecule has 1 saturated heterocycles. The molecule has 5 heteroatoms. The number of carbonyl (C=O) groups excluding carboxylic acids is 1. The third-order valence-electron chi connectivity index (χ3n) is 5.42. The van der Waals surface area contributed by atoms with E-state index in [1.165, 1.54) is 12.7 Å². The van der Waals surface area contributed by atoms with Gasteiger partial charge in [0.25, 0.3) is 0 Å². The summed E-state index contributed by atoms with van der Waals surface area (Å²) in [7, 11) is 0.981. The summed E-state index contributed by atoms with van der Waals surface area (Å²) in [4.78, 5) is 12.2. The molecule has 0 unspecified atom stereocenters. The molecule has 124 valence electrons. The number of esters is 1. The minimum atomic E-state index is -0.448. The lowest BCUT2D eigenvalue weighted by Crippen LogP contribution is -2.41. The maximum Gasteiger partial charge on any atom is 0.494 e. The summed E-state index contributed by atoms with van der Waals surface area (Å²) in [6.45, 7) is 8.14. The molecular weight excluding hydrogens is 291 g/mol. The number of aryl methyl sites for hydroxylation is 1. The number of hydrogen-bond acceptors (Lipinski definition) is 4. The molecule has 0 bridgehead atoms. The lowest BCUT2D eigenvalue weighted by atomic mass is 9.74. The van der Waals surface area contributed by atoms with Crippen molar-refractivity contribution < 1.29 is 18.8 Å². The van der Waals surface area contributed by atoms with Crippen molar-refractivity contribution in [2.75, 3.05) is 7.11 Å². The highest BCUT2D eigenvalue weighted by molar-refractivity contribution is 6.62. The fourth-order valence-corrected chi connectivity index (χ4v) is 3.30. The highest BCUT2D eigenvalue weighted by Crippen LogP contribution is 2.37. The van der Waals surface area contributed by atoms with Gasteiger partial charge in [0.2, 0.25) is 0 Å². The molecule has 0 N–H and O–H groups in total. The largest absolute Gasteiger partial charge is 0.494 e. The van der Waals surface area contributed by atoms with Gasteiger partial charge in [0, 0.05) is 0 Å². The van der Waals surface area contributed by atoms with Crippen LogP contribution in [-0.2, 0) is 26.9 Å². The third kappa shape index (κ3) is 2.81. The molecule has 1 aromatic carbocycles. The third-order valence-corrected chi connectivity index (χ3v) is 5.42. The number of hydrogen-bond donors (Lipinski definition) is 0. The Kier molecular flexibility index (Phi) is 4.05. The first-order valence-corrected chi connectivity index (χ1v) is 8.35. The molecule has 0 aromatic heterocycles. The van der Waals surface area contributed by atoms with E-state index in [9.17, 15) is 4.79 Å². The first-order valence-electron chi connectivity index (χ1n) is 8.35. The lowest BCUT2D eigenvalue weighted by molar-refractivity contribution is 0.00578. The second-order valence-electron chi connectivity index (χ2n) is 7.49. The van der Waals surface area contributed by atoms with E-state index in [0.29, 0.717) is 5.56 Å². The van der Waals surface area contributed by atoms with Crippen LogP contribution in [0.4, 0.5) is 0 Å². The second kappa shape index (κ2) is 5.64. The van der Waals surface area contributed by atoms with Crippen LogP contribution in [0, 0.1) is 0 Å². The SMILES string of the molecule is COC(=O)c1cc(B2OC(C)(C)C(C)(C)O2)cc2c1CCCC2.